The van der Waals surface area contributed by atoms with Gasteiger partial charge in [0.05, 0.1) is 36.5 Å². The Kier molecular flexibility index (Phi) is 7.24. The first-order valence-corrected chi connectivity index (χ1v) is 13.6. The van der Waals surface area contributed by atoms with Crippen LogP contribution in [0, 0.1) is 6.92 Å². The number of nitrogens with two attached hydrogens (primary N) is 1. The summed E-state index contributed by atoms with van der Waals surface area (Å²) in [7, 11) is 1.75. The number of nitrogens with one attached hydrogen (secondary N) is 1. The van der Waals surface area contributed by atoms with Crippen LogP contribution in [0.3, 0.4) is 0 Å². The maximum Gasteiger partial charge on any atom is 0.284 e. The number of rotatable bonds is 6. The highest BCUT2D eigenvalue weighted by Gasteiger charge is 2.22. The van der Waals surface area contributed by atoms with Gasteiger partial charge >= 0.3 is 0 Å². The summed E-state index contributed by atoms with van der Waals surface area (Å²) in [5.74, 6) is 0.671. The average molecular weight is 563 g/mol. The molecule has 0 aliphatic carbocycles. The Morgan fingerprint density at radius 3 is 2.45 bits per heavy atom. The van der Waals surface area contributed by atoms with Gasteiger partial charge in [-0.15, -0.1) is 0 Å². The highest BCUT2D eigenvalue weighted by molar-refractivity contribution is 6.05. The number of nitrogens with zero attached hydrogens (tertiary/aromatic N) is 6. The highest BCUT2D eigenvalue weighted by Crippen LogP contribution is 2.28. The van der Waals surface area contributed by atoms with Gasteiger partial charge in [0.2, 0.25) is 0 Å². The van der Waals surface area contributed by atoms with Gasteiger partial charge in [-0.2, -0.15) is 0 Å². The van der Waals surface area contributed by atoms with Gasteiger partial charge in [0, 0.05) is 43.1 Å². The minimum absolute atomic E-state index is 0.0852. The topological polar surface area (TPSA) is 133 Å². The molecular weight excluding hydrogens is 532 g/mol. The lowest BCUT2D eigenvalue weighted by Crippen LogP contribution is -2.36. The predicted molar refractivity (Wildman–Crippen MR) is 162 cm³/mol. The van der Waals surface area contributed by atoms with Crippen molar-refractivity contribution in [2.45, 2.75) is 6.92 Å². The molecule has 1 saturated heterocycles. The Labute approximate surface area is 242 Å². The van der Waals surface area contributed by atoms with Crippen molar-refractivity contribution < 1.29 is 9.53 Å². The van der Waals surface area contributed by atoms with Crippen molar-refractivity contribution in [3.63, 3.8) is 0 Å². The van der Waals surface area contributed by atoms with Crippen molar-refractivity contribution in [1.29, 1.82) is 0 Å². The number of hydrogen-bond acceptors (Lipinski definition) is 8. The summed E-state index contributed by atoms with van der Waals surface area (Å²) < 4.78 is 8.61. The summed E-state index contributed by atoms with van der Waals surface area (Å²) in [6.45, 7) is 4.66. The lowest BCUT2D eigenvalue weighted by atomic mass is 10.1. The molecule has 2 aromatic carbocycles. The van der Waals surface area contributed by atoms with Gasteiger partial charge < -0.3 is 20.7 Å². The monoisotopic (exact) mass is 562 g/mol. The van der Waals surface area contributed by atoms with Crippen molar-refractivity contribution in [2.24, 2.45) is 7.05 Å². The SMILES string of the molecule is Cc1c(C(=O)Nc2ccc(-c3nc(-c4ccnc(N5CCOCC5)c4)cnc3N)cc2)c(=O)n(-c2ccccc2)n1C. The van der Waals surface area contributed by atoms with Crippen molar-refractivity contribution >= 4 is 23.2 Å². The molecule has 0 bridgehead atoms. The Morgan fingerprint density at radius 2 is 1.71 bits per heavy atom. The van der Waals surface area contributed by atoms with Crippen LogP contribution in [0.2, 0.25) is 0 Å². The van der Waals surface area contributed by atoms with Gasteiger partial charge in [0.15, 0.2) is 0 Å². The number of pyridine rings is 1. The van der Waals surface area contributed by atoms with Crippen LogP contribution >= 0.6 is 0 Å². The fraction of sp³-hybridized carbons (Fsp3) is 0.194. The molecule has 1 aliphatic rings. The first-order chi connectivity index (χ1) is 20.4. The van der Waals surface area contributed by atoms with Crippen LogP contribution in [0.4, 0.5) is 17.3 Å². The third-order valence-electron chi connectivity index (χ3n) is 7.37. The number of ether oxygens (including phenoxy) is 1. The Bertz CT molecular complexity index is 1810. The van der Waals surface area contributed by atoms with Crippen molar-refractivity contribution in [3.8, 4) is 28.2 Å². The molecule has 0 saturated carbocycles. The zero-order chi connectivity index (χ0) is 29.2. The summed E-state index contributed by atoms with van der Waals surface area (Å²) in [5.41, 5.74) is 10.5. The summed E-state index contributed by atoms with van der Waals surface area (Å²) in [4.78, 5) is 42.3. The summed E-state index contributed by atoms with van der Waals surface area (Å²) >= 11 is 0. The maximum atomic E-state index is 13.2. The van der Waals surface area contributed by atoms with Crippen LogP contribution in [-0.4, -0.2) is 56.5 Å². The molecule has 0 radical (unpaired) electrons. The van der Waals surface area contributed by atoms with Crippen molar-refractivity contribution in [2.75, 3.05) is 42.3 Å². The van der Waals surface area contributed by atoms with Crippen LogP contribution in [0.25, 0.3) is 28.2 Å². The number of morpholine rings is 1. The number of anilines is 3. The molecule has 6 rings (SSSR count). The molecule has 42 heavy (non-hydrogen) atoms. The largest absolute Gasteiger partial charge is 0.382 e. The van der Waals surface area contributed by atoms with Gasteiger partial charge in [-0.1, -0.05) is 30.3 Å². The molecule has 11 heteroatoms. The first-order valence-electron chi connectivity index (χ1n) is 13.6. The standard InChI is InChI=1S/C31H30N8O3/c1-20-27(31(41)39(37(20)2)24-6-4-3-5-7-24)30(40)35-23-10-8-21(9-11-23)28-29(32)34-19-25(36-28)22-12-13-33-26(18-22)38-14-16-42-17-15-38/h3-13,18-19H,14-17H2,1-2H3,(H2,32,34)(H,35,40). The van der Waals surface area contributed by atoms with Gasteiger partial charge in [0.1, 0.15) is 22.9 Å². The second kappa shape index (κ2) is 11.3. The third-order valence-corrected chi connectivity index (χ3v) is 7.37. The number of nitrogen functional groups attached to an aromatic ring is 1. The van der Waals surface area contributed by atoms with E-state index in [1.165, 1.54) is 4.68 Å². The summed E-state index contributed by atoms with van der Waals surface area (Å²) in [6, 6.07) is 20.2. The number of amides is 1. The van der Waals surface area contributed by atoms with E-state index in [0.29, 0.717) is 47.5 Å². The number of carbonyl (C=O) groups excluding carboxylic acids is 1. The molecule has 4 heterocycles. The zero-order valence-corrected chi connectivity index (χ0v) is 23.3. The van der Waals surface area contributed by atoms with Crippen LogP contribution in [-0.2, 0) is 11.8 Å². The molecule has 3 N–H and O–H groups in total. The molecule has 0 spiro atoms. The first kappa shape index (κ1) is 26.9. The molecule has 0 unspecified atom stereocenters. The van der Waals surface area contributed by atoms with Crippen molar-refractivity contribution in [1.82, 2.24) is 24.3 Å². The van der Waals surface area contributed by atoms with Crippen molar-refractivity contribution in [3.05, 3.63) is 101 Å². The fourth-order valence-corrected chi connectivity index (χ4v) is 5.03. The van der Waals surface area contributed by atoms with E-state index in [4.69, 9.17) is 15.5 Å². The highest BCUT2D eigenvalue weighted by atomic mass is 16.5. The lowest BCUT2D eigenvalue weighted by Gasteiger charge is -2.28. The summed E-state index contributed by atoms with van der Waals surface area (Å²) in [6.07, 6.45) is 3.41. The van der Waals surface area contributed by atoms with Crippen LogP contribution in [0.1, 0.15) is 16.1 Å². The number of carbonyl (C=O) groups is 1. The Morgan fingerprint density at radius 1 is 0.976 bits per heavy atom. The predicted octanol–water partition coefficient (Wildman–Crippen LogP) is 3.67. The fourth-order valence-electron chi connectivity index (χ4n) is 5.03. The quantitative estimate of drug-likeness (QED) is 0.320. The minimum Gasteiger partial charge on any atom is -0.382 e. The van der Waals surface area contributed by atoms with E-state index in [1.807, 2.05) is 54.6 Å². The molecule has 3 aromatic heterocycles. The number of hydrogen-bond donors (Lipinski definition) is 2. The smallest absolute Gasteiger partial charge is 0.284 e. The van der Waals surface area contributed by atoms with E-state index in [-0.39, 0.29) is 11.1 Å². The third kappa shape index (κ3) is 5.13. The molecule has 5 aromatic rings. The molecule has 11 nitrogen and oxygen atoms in total. The molecular formula is C31H30N8O3. The van der Waals surface area contributed by atoms with Crippen LogP contribution in [0.15, 0.2) is 83.9 Å². The van der Waals surface area contributed by atoms with E-state index in [9.17, 15) is 9.59 Å². The second-order valence-electron chi connectivity index (χ2n) is 9.96. The number of para-hydroxylation sites is 1. The van der Waals surface area contributed by atoms with E-state index >= 15 is 0 Å². The van der Waals surface area contributed by atoms with E-state index in [2.05, 4.69) is 20.2 Å². The van der Waals surface area contributed by atoms with E-state index in [1.54, 1.807) is 43.2 Å². The minimum atomic E-state index is -0.481. The Balaban J connectivity index is 1.23. The molecule has 1 aliphatic heterocycles. The number of benzene rings is 2. The molecule has 0 atom stereocenters. The molecule has 1 amide bonds. The van der Waals surface area contributed by atoms with Gasteiger partial charge in [-0.05, 0) is 43.3 Å². The van der Waals surface area contributed by atoms with E-state index in [0.717, 1.165) is 30.0 Å². The second-order valence-corrected chi connectivity index (χ2v) is 9.96. The van der Waals surface area contributed by atoms with Gasteiger partial charge in [-0.25, -0.2) is 19.6 Å². The normalized spacial score (nSPS) is 13.2. The lowest BCUT2D eigenvalue weighted by molar-refractivity contribution is 0.102. The Hall–Kier alpha value is -5.29. The van der Waals surface area contributed by atoms with Gasteiger partial charge in [0.25, 0.3) is 11.5 Å². The zero-order valence-electron chi connectivity index (χ0n) is 23.3. The van der Waals surface area contributed by atoms with Crippen LogP contribution < -0.4 is 21.5 Å². The molecule has 212 valence electrons. The number of aromatic nitrogens is 5. The van der Waals surface area contributed by atoms with E-state index < -0.39 is 5.91 Å². The molecule has 1 fully saturated rings. The average Bonchev–Trinajstić information content (AvgIpc) is 3.25. The van der Waals surface area contributed by atoms with Crippen LogP contribution in [0.5, 0.6) is 0 Å². The van der Waals surface area contributed by atoms with Gasteiger partial charge in [-0.3, -0.25) is 14.3 Å². The summed E-state index contributed by atoms with van der Waals surface area (Å²) in [5, 5.41) is 2.85. The maximum absolute atomic E-state index is 13.2.